The third kappa shape index (κ3) is 7.00. The highest BCUT2D eigenvalue weighted by molar-refractivity contribution is 5.63. The molecule has 0 N–H and O–H groups in total. The Bertz CT molecular complexity index is 899. The van der Waals surface area contributed by atoms with E-state index in [-0.39, 0.29) is 0 Å². The summed E-state index contributed by atoms with van der Waals surface area (Å²) in [5.74, 6) is 2.47. The van der Waals surface area contributed by atoms with Crippen molar-refractivity contribution in [3.8, 4) is 0 Å². The third-order valence-corrected chi connectivity index (χ3v) is 8.03. The van der Waals surface area contributed by atoms with Gasteiger partial charge in [-0.1, -0.05) is 89.6 Å². The van der Waals surface area contributed by atoms with Gasteiger partial charge in [0, 0.05) is 18.8 Å². The van der Waals surface area contributed by atoms with E-state index in [4.69, 9.17) is 0 Å². The second kappa shape index (κ2) is 12.1. The van der Waals surface area contributed by atoms with Crippen molar-refractivity contribution in [1.29, 1.82) is 0 Å². The van der Waals surface area contributed by atoms with Crippen LogP contribution in [0.4, 0.5) is 0 Å². The minimum absolute atomic E-state index is 0.526. The molecule has 1 spiro atoms. The second-order valence-electron chi connectivity index (χ2n) is 11.9. The Balaban J connectivity index is 0.000000751. The van der Waals surface area contributed by atoms with Crippen molar-refractivity contribution in [3.63, 3.8) is 0 Å². The monoisotopic (exact) mass is 459 g/mol. The standard InChI is InChI=1S/C29H39N.C4H10/c1-5-9-25-19-28(26-10-7-6-8-11-26)21-29(20-25)14-16-30(17-15-29)24(4)27-13-12-22(2)23(3)18-27;1-4(2)3/h6-8,10-13,18,25,28H,4-5,9,14-17,19-21H2,1-3H3;4H,1-3H3. The molecule has 2 fully saturated rings. The van der Waals surface area contributed by atoms with Crippen molar-refractivity contribution in [2.45, 2.75) is 92.4 Å². The molecule has 2 atom stereocenters. The fourth-order valence-electron chi connectivity index (χ4n) is 6.16. The zero-order chi connectivity index (χ0) is 24.7. The summed E-state index contributed by atoms with van der Waals surface area (Å²) in [5, 5.41) is 0. The largest absolute Gasteiger partial charge is 0.371 e. The molecule has 1 nitrogen and oxygen atoms in total. The highest BCUT2D eigenvalue weighted by Crippen LogP contribution is 2.53. The summed E-state index contributed by atoms with van der Waals surface area (Å²) in [6.45, 7) is 20.1. The van der Waals surface area contributed by atoms with E-state index in [9.17, 15) is 0 Å². The van der Waals surface area contributed by atoms with Crippen LogP contribution in [-0.4, -0.2) is 18.0 Å². The van der Waals surface area contributed by atoms with Crippen LogP contribution >= 0.6 is 0 Å². The predicted octanol–water partition coefficient (Wildman–Crippen LogP) is 9.40. The summed E-state index contributed by atoms with van der Waals surface area (Å²) in [4.78, 5) is 2.55. The average molecular weight is 460 g/mol. The molecule has 1 aliphatic carbocycles. The highest BCUT2D eigenvalue weighted by Gasteiger charge is 2.42. The predicted molar refractivity (Wildman–Crippen MR) is 150 cm³/mol. The van der Waals surface area contributed by atoms with Crippen LogP contribution in [0.1, 0.15) is 101 Å². The van der Waals surface area contributed by atoms with Gasteiger partial charge in [-0.05, 0) is 97.4 Å². The molecule has 186 valence electrons. The number of benzene rings is 2. The van der Waals surface area contributed by atoms with E-state index in [0.29, 0.717) is 5.41 Å². The lowest BCUT2D eigenvalue weighted by Crippen LogP contribution is -2.43. The van der Waals surface area contributed by atoms with E-state index in [1.54, 1.807) is 5.56 Å². The van der Waals surface area contributed by atoms with Crippen molar-refractivity contribution >= 4 is 5.70 Å². The van der Waals surface area contributed by atoms with E-state index in [1.165, 1.54) is 67.3 Å². The molecule has 1 heteroatoms. The first-order chi connectivity index (χ1) is 16.2. The van der Waals surface area contributed by atoms with Crippen molar-refractivity contribution in [1.82, 2.24) is 4.90 Å². The van der Waals surface area contributed by atoms with Gasteiger partial charge < -0.3 is 4.90 Å². The molecule has 2 aliphatic rings. The summed E-state index contributed by atoms with van der Waals surface area (Å²) >= 11 is 0. The molecule has 1 aliphatic heterocycles. The molecule has 0 aromatic heterocycles. The van der Waals surface area contributed by atoms with Gasteiger partial charge in [0.05, 0.1) is 0 Å². The first-order valence-corrected chi connectivity index (χ1v) is 13.8. The van der Waals surface area contributed by atoms with Crippen LogP contribution in [0.15, 0.2) is 55.1 Å². The summed E-state index contributed by atoms with van der Waals surface area (Å²) in [6.07, 6.45) is 9.55. The summed E-state index contributed by atoms with van der Waals surface area (Å²) in [7, 11) is 0. The maximum Gasteiger partial charge on any atom is 0.0366 e. The van der Waals surface area contributed by atoms with Crippen LogP contribution < -0.4 is 0 Å². The lowest BCUT2D eigenvalue weighted by atomic mass is 9.59. The van der Waals surface area contributed by atoms with Crippen LogP contribution in [0.3, 0.4) is 0 Å². The Labute approximate surface area is 210 Å². The molecule has 34 heavy (non-hydrogen) atoms. The second-order valence-corrected chi connectivity index (χ2v) is 11.9. The Morgan fingerprint density at radius 3 is 2.21 bits per heavy atom. The molecular weight excluding hydrogens is 410 g/mol. The van der Waals surface area contributed by atoms with Crippen LogP contribution in [0.2, 0.25) is 0 Å². The minimum atomic E-state index is 0.526. The Morgan fingerprint density at radius 1 is 0.971 bits per heavy atom. The van der Waals surface area contributed by atoms with Crippen LogP contribution in [0.5, 0.6) is 0 Å². The average Bonchev–Trinajstić information content (AvgIpc) is 2.81. The van der Waals surface area contributed by atoms with E-state index < -0.39 is 0 Å². The van der Waals surface area contributed by atoms with Gasteiger partial charge >= 0.3 is 0 Å². The van der Waals surface area contributed by atoms with Crippen molar-refractivity contribution < 1.29 is 0 Å². The Hall–Kier alpha value is -2.02. The van der Waals surface area contributed by atoms with Crippen molar-refractivity contribution in [2.75, 3.05) is 13.1 Å². The summed E-state index contributed by atoms with van der Waals surface area (Å²) < 4.78 is 0. The molecule has 2 unspecified atom stereocenters. The third-order valence-electron chi connectivity index (χ3n) is 8.03. The molecule has 0 bridgehead atoms. The number of piperidine rings is 1. The van der Waals surface area contributed by atoms with E-state index in [2.05, 4.69) is 102 Å². The van der Waals surface area contributed by atoms with Gasteiger partial charge in [-0.3, -0.25) is 0 Å². The zero-order valence-electron chi connectivity index (χ0n) is 22.9. The number of hydrogen-bond donors (Lipinski definition) is 0. The van der Waals surface area contributed by atoms with E-state index >= 15 is 0 Å². The van der Waals surface area contributed by atoms with Gasteiger partial charge in [0.25, 0.3) is 0 Å². The van der Waals surface area contributed by atoms with E-state index in [1.807, 2.05) is 0 Å². The number of likely N-dealkylation sites (tertiary alicyclic amines) is 1. The zero-order valence-corrected chi connectivity index (χ0v) is 22.9. The molecular formula is C33H49N. The molecule has 1 saturated carbocycles. The van der Waals surface area contributed by atoms with Crippen molar-refractivity contribution in [3.05, 3.63) is 77.4 Å². The first kappa shape index (κ1) is 26.6. The van der Waals surface area contributed by atoms with Crippen LogP contribution in [-0.2, 0) is 0 Å². The van der Waals surface area contributed by atoms with Crippen molar-refractivity contribution in [2.24, 2.45) is 17.3 Å². The lowest BCUT2D eigenvalue weighted by Gasteiger charge is -2.50. The number of aryl methyl sites for hydroxylation is 2. The normalized spacial score (nSPS) is 21.8. The topological polar surface area (TPSA) is 3.24 Å². The molecule has 2 aromatic carbocycles. The summed E-state index contributed by atoms with van der Waals surface area (Å²) in [5.41, 5.74) is 7.33. The van der Waals surface area contributed by atoms with Gasteiger partial charge in [-0.25, -0.2) is 0 Å². The van der Waals surface area contributed by atoms with Crippen LogP contribution in [0.25, 0.3) is 5.70 Å². The SMILES string of the molecule is C=C(c1ccc(C)c(C)c1)N1CCC2(CC1)CC(CCC)CC(c1ccccc1)C2.CC(C)C. The Kier molecular flexibility index (Phi) is 9.46. The smallest absolute Gasteiger partial charge is 0.0366 e. The van der Waals surface area contributed by atoms with Gasteiger partial charge in [-0.15, -0.1) is 0 Å². The maximum atomic E-state index is 4.49. The number of hydrogen-bond acceptors (Lipinski definition) is 1. The van der Waals surface area contributed by atoms with Gasteiger partial charge in [0.15, 0.2) is 0 Å². The fraction of sp³-hybridized carbons (Fsp3) is 0.576. The fourth-order valence-corrected chi connectivity index (χ4v) is 6.16. The van der Waals surface area contributed by atoms with Gasteiger partial charge in [-0.2, -0.15) is 0 Å². The molecule has 2 aromatic rings. The molecule has 1 heterocycles. The molecule has 4 rings (SSSR count). The summed E-state index contributed by atoms with van der Waals surface area (Å²) in [6, 6.07) is 18.1. The number of rotatable bonds is 5. The number of nitrogens with zero attached hydrogens (tertiary/aromatic N) is 1. The highest BCUT2D eigenvalue weighted by atomic mass is 15.1. The maximum absolute atomic E-state index is 4.49. The molecule has 1 saturated heterocycles. The van der Waals surface area contributed by atoms with Gasteiger partial charge in [0.2, 0.25) is 0 Å². The van der Waals surface area contributed by atoms with Gasteiger partial charge in [0.1, 0.15) is 0 Å². The quantitative estimate of drug-likeness (QED) is 0.430. The lowest BCUT2D eigenvalue weighted by molar-refractivity contribution is 0.0510. The molecule has 0 radical (unpaired) electrons. The molecule has 0 amide bonds. The Morgan fingerprint density at radius 2 is 1.62 bits per heavy atom. The first-order valence-electron chi connectivity index (χ1n) is 13.8. The van der Waals surface area contributed by atoms with Crippen LogP contribution in [0, 0.1) is 31.1 Å². The minimum Gasteiger partial charge on any atom is -0.371 e. The van der Waals surface area contributed by atoms with E-state index in [0.717, 1.165) is 30.8 Å².